The van der Waals surface area contributed by atoms with E-state index in [1.54, 1.807) is 73.5 Å². The predicted molar refractivity (Wildman–Crippen MR) is 148 cm³/mol. The summed E-state index contributed by atoms with van der Waals surface area (Å²) in [5, 5.41) is 12.4. The molecule has 5 aromatic rings. The molecule has 6 rings (SSSR count). The van der Waals surface area contributed by atoms with Crippen LogP contribution in [0.4, 0.5) is 11.5 Å². The van der Waals surface area contributed by atoms with Gasteiger partial charge in [0.1, 0.15) is 17.0 Å². The van der Waals surface area contributed by atoms with Crippen LogP contribution in [-0.4, -0.2) is 55.0 Å². The number of rotatable bonds is 6. The number of aromatic nitrogens is 6. The van der Waals surface area contributed by atoms with Crippen molar-refractivity contribution in [3.63, 3.8) is 0 Å². The molecule has 0 bridgehead atoms. The predicted octanol–water partition coefficient (Wildman–Crippen LogP) is 3.26. The number of methoxy groups -OCH3 is 1. The van der Waals surface area contributed by atoms with Crippen molar-refractivity contribution in [2.75, 3.05) is 23.9 Å². The van der Waals surface area contributed by atoms with Crippen molar-refractivity contribution in [1.29, 1.82) is 0 Å². The summed E-state index contributed by atoms with van der Waals surface area (Å²) in [6.45, 7) is 1.97. The first-order valence-electron chi connectivity index (χ1n) is 12.4. The summed E-state index contributed by atoms with van der Waals surface area (Å²) in [6, 6.07) is 15.8. The van der Waals surface area contributed by atoms with E-state index < -0.39 is 11.5 Å². The van der Waals surface area contributed by atoms with Gasteiger partial charge in [0.2, 0.25) is 17.8 Å². The first-order chi connectivity index (χ1) is 19.3. The van der Waals surface area contributed by atoms with Crippen LogP contribution in [0.25, 0.3) is 22.7 Å². The minimum atomic E-state index is -0.596. The number of ether oxygens (including phenoxy) is 1. The van der Waals surface area contributed by atoms with Crippen molar-refractivity contribution in [2.45, 2.75) is 13.3 Å². The van der Waals surface area contributed by atoms with E-state index in [0.29, 0.717) is 39.3 Å². The third kappa shape index (κ3) is 4.58. The molecule has 1 aliphatic rings. The molecule has 40 heavy (non-hydrogen) atoms. The zero-order valence-electron chi connectivity index (χ0n) is 21.5. The fraction of sp³-hybridized carbons (Fsp3) is 0.185. The first-order valence-corrected chi connectivity index (χ1v) is 12.7. The van der Waals surface area contributed by atoms with Crippen LogP contribution < -0.4 is 20.5 Å². The van der Waals surface area contributed by atoms with Crippen molar-refractivity contribution < 1.29 is 14.3 Å². The lowest BCUT2D eigenvalue weighted by molar-refractivity contribution is -0.122. The van der Waals surface area contributed by atoms with Crippen molar-refractivity contribution in [2.24, 2.45) is 5.92 Å². The fourth-order valence-corrected chi connectivity index (χ4v) is 4.88. The molecule has 0 spiro atoms. The van der Waals surface area contributed by atoms with Gasteiger partial charge in [0, 0.05) is 35.8 Å². The summed E-state index contributed by atoms with van der Waals surface area (Å²) in [5.41, 5.74) is 1.74. The van der Waals surface area contributed by atoms with Gasteiger partial charge >= 0.3 is 0 Å². The van der Waals surface area contributed by atoms with Crippen LogP contribution in [0, 0.1) is 12.8 Å². The molecule has 3 aromatic heterocycles. The van der Waals surface area contributed by atoms with Gasteiger partial charge in [0.25, 0.3) is 5.56 Å². The fourth-order valence-electron chi connectivity index (χ4n) is 4.69. The topological polar surface area (TPSA) is 140 Å². The number of halogens is 1. The Kier molecular flexibility index (Phi) is 6.31. The zero-order valence-corrected chi connectivity index (χ0v) is 22.2. The van der Waals surface area contributed by atoms with Gasteiger partial charge in [-0.2, -0.15) is 19.9 Å². The Balaban J connectivity index is 1.29. The molecule has 4 heterocycles. The Hall–Kier alpha value is -4.97. The number of hydrogen-bond donors (Lipinski definition) is 2. The maximum absolute atomic E-state index is 13.3. The molecule has 2 aromatic carbocycles. The van der Waals surface area contributed by atoms with Gasteiger partial charge < -0.3 is 15.0 Å². The summed E-state index contributed by atoms with van der Waals surface area (Å²) < 4.78 is 8.11. The molecule has 2 N–H and O–H groups in total. The average molecular weight is 559 g/mol. The Bertz CT molecular complexity index is 1840. The molecule has 12 nitrogen and oxygen atoms in total. The highest BCUT2D eigenvalue weighted by atomic mass is 35.5. The number of aromatic amines is 1. The van der Waals surface area contributed by atoms with E-state index >= 15 is 0 Å². The number of H-pyrrole nitrogens is 1. The Labute approximate surface area is 232 Å². The standard InChI is InChI=1S/C27H23ClN8O4/c1-15-9-22(30-25(38)16-10-23(37)34(14-16)18-6-4-8-20(12-18)40-2)36(33-15)27-31-24-21(26(39)32-27)13-29-35(24)19-7-3-5-17(28)11-19/h3-9,11-13,16H,10,14H2,1-2H3,(H,30,38)(H,31,32,39). The highest BCUT2D eigenvalue weighted by molar-refractivity contribution is 6.30. The van der Waals surface area contributed by atoms with Crippen molar-refractivity contribution in [1.82, 2.24) is 29.5 Å². The number of nitrogens with one attached hydrogen (secondary N) is 2. The van der Waals surface area contributed by atoms with Crippen LogP contribution in [0.5, 0.6) is 5.75 Å². The van der Waals surface area contributed by atoms with Crippen LogP contribution in [0.1, 0.15) is 12.1 Å². The van der Waals surface area contributed by atoms with E-state index in [-0.39, 0.29) is 36.1 Å². The second kappa shape index (κ2) is 9.97. The normalized spacial score (nSPS) is 15.1. The van der Waals surface area contributed by atoms with Gasteiger partial charge in [-0.25, -0.2) is 4.68 Å². The average Bonchev–Trinajstić information content (AvgIpc) is 3.65. The lowest BCUT2D eigenvalue weighted by atomic mass is 10.1. The summed E-state index contributed by atoms with van der Waals surface area (Å²) in [5.74, 6) is -0.110. The van der Waals surface area contributed by atoms with Crippen LogP contribution in [-0.2, 0) is 9.59 Å². The van der Waals surface area contributed by atoms with Crippen LogP contribution >= 0.6 is 11.6 Å². The van der Waals surface area contributed by atoms with Crippen molar-refractivity contribution in [3.05, 3.63) is 81.9 Å². The van der Waals surface area contributed by atoms with Gasteiger partial charge in [-0.05, 0) is 37.3 Å². The number of aryl methyl sites for hydroxylation is 1. The molecule has 13 heteroatoms. The molecule has 2 amide bonds. The largest absolute Gasteiger partial charge is 0.497 e. The molecular weight excluding hydrogens is 536 g/mol. The van der Waals surface area contributed by atoms with Crippen molar-refractivity contribution >= 4 is 46.0 Å². The highest BCUT2D eigenvalue weighted by Crippen LogP contribution is 2.29. The quantitative estimate of drug-likeness (QED) is 0.326. The van der Waals surface area contributed by atoms with E-state index in [1.807, 2.05) is 0 Å². The van der Waals surface area contributed by atoms with Gasteiger partial charge in [0.05, 0.1) is 30.6 Å². The number of fused-ring (bicyclic) bond motifs is 1. The lowest BCUT2D eigenvalue weighted by Crippen LogP contribution is -2.29. The number of carbonyl (C=O) groups excluding carboxylic acids is 2. The Morgan fingerprint density at radius 1 is 1.10 bits per heavy atom. The molecule has 1 fully saturated rings. The van der Waals surface area contributed by atoms with Crippen LogP contribution in [0.2, 0.25) is 5.02 Å². The Morgan fingerprint density at radius 2 is 1.90 bits per heavy atom. The molecule has 1 unspecified atom stereocenters. The smallest absolute Gasteiger partial charge is 0.263 e. The van der Waals surface area contributed by atoms with E-state index in [1.165, 1.54) is 15.6 Å². The molecule has 0 radical (unpaired) electrons. The summed E-state index contributed by atoms with van der Waals surface area (Å²) in [6.07, 6.45) is 1.48. The summed E-state index contributed by atoms with van der Waals surface area (Å²) in [4.78, 5) is 47.9. The van der Waals surface area contributed by atoms with E-state index in [2.05, 4.69) is 25.5 Å². The lowest BCUT2D eigenvalue weighted by Gasteiger charge is -2.17. The summed E-state index contributed by atoms with van der Waals surface area (Å²) in [7, 11) is 1.55. The van der Waals surface area contributed by atoms with Gasteiger partial charge in [-0.15, -0.1) is 0 Å². The monoisotopic (exact) mass is 558 g/mol. The van der Waals surface area contributed by atoms with Gasteiger partial charge in [0.15, 0.2) is 5.65 Å². The number of hydrogen-bond acceptors (Lipinski definition) is 7. The Morgan fingerprint density at radius 3 is 2.70 bits per heavy atom. The third-order valence-corrected chi connectivity index (χ3v) is 6.86. The molecule has 1 saturated heterocycles. The van der Waals surface area contributed by atoms with E-state index in [0.717, 1.165) is 0 Å². The van der Waals surface area contributed by atoms with E-state index in [9.17, 15) is 14.4 Å². The van der Waals surface area contributed by atoms with Gasteiger partial charge in [-0.1, -0.05) is 23.7 Å². The van der Waals surface area contributed by atoms with Crippen LogP contribution in [0.15, 0.2) is 65.6 Å². The van der Waals surface area contributed by atoms with E-state index in [4.69, 9.17) is 16.3 Å². The first kappa shape index (κ1) is 25.3. The second-order valence-electron chi connectivity index (χ2n) is 9.34. The molecular formula is C27H23ClN8O4. The number of amides is 2. The highest BCUT2D eigenvalue weighted by Gasteiger charge is 2.35. The zero-order chi connectivity index (χ0) is 28.0. The number of benzene rings is 2. The minimum Gasteiger partial charge on any atom is -0.497 e. The maximum atomic E-state index is 13.3. The molecule has 1 atom stereocenters. The van der Waals surface area contributed by atoms with Crippen molar-refractivity contribution in [3.8, 4) is 17.4 Å². The number of anilines is 2. The van der Waals surface area contributed by atoms with Gasteiger partial charge in [-0.3, -0.25) is 19.4 Å². The molecule has 1 aliphatic heterocycles. The molecule has 202 valence electrons. The summed E-state index contributed by atoms with van der Waals surface area (Å²) >= 11 is 6.15. The molecule has 0 saturated carbocycles. The molecule has 0 aliphatic carbocycles. The maximum Gasteiger partial charge on any atom is 0.263 e. The minimum absolute atomic E-state index is 0.0516. The SMILES string of the molecule is COc1cccc(N2CC(C(=O)Nc3cc(C)nn3-c3nc4c(cnn4-c4cccc(Cl)c4)c(=O)[nH]3)CC2=O)c1. The number of carbonyl (C=O) groups is 2. The third-order valence-electron chi connectivity index (χ3n) is 6.62. The second-order valence-corrected chi connectivity index (χ2v) is 9.78. The van der Waals surface area contributed by atoms with Crippen LogP contribution in [0.3, 0.4) is 0 Å². The number of nitrogens with zero attached hydrogens (tertiary/aromatic N) is 6.